The van der Waals surface area contributed by atoms with Gasteiger partial charge < -0.3 is 10.8 Å². The van der Waals surface area contributed by atoms with Crippen molar-refractivity contribution in [2.45, 2.75) is 63.8 Å². The van der Waals surface area contributed by atoms with Crippen LogP contribution in [0.1, 0.15) is 50.7 Å². The monoisotopic (exact) mass is 489 g/mol. The van der Waals surface area contributed by atoms with Gasteiger partial charge in [-0.2, -0.15) is 8.42 Å². The number of benzene rings is 2. The molecule has 186 valence electrons. The number of carbonyl (C=O) groups is 2. The third-order valence-electron chi connectivity index (χ3n) is 6.00. The predicted octanol–water partition coefficient (Wildman–Crippen LogP) is 3.90. The number of quaternary nitrogens is 1. The minimum absolute atomic E-state index is 0.0431. The SMILES string of the molecule is Cc1ccc(S(=O)(=O)[N+](CC(C)C)(C(=O)CCc2ccccc2)[C@@H](CCCCN)C(=O)O)cc1. The second kappa shape index (κ2) is 12.2. The Bertz CT molecular complexity index is 1050. The molecule has 0 aliphatic rings. The molecule has 8 heteroatoms. The fourth-order valence-electron chi connectivity index (χ4n) is 4.32. The Morgan fingerprint density at radius 1 is 1.00 bits per heavy atom. The number of aliphatic carboxylic acids is 1. The van der Waals surface area contributed by atoms with Gasteiger partial charge in [-0.3, -0.25) is 0 Å². The average molecular weight is 490 g/mol. The van der Waals surface area contributed by atoms with Crippen LogP contribution in [0.2, 0.25) is 0 Å². The highest BCUT2D eigenvalue weighted by Gasteiger charge is 2.57. The van der Waals surface area contributed by atoms with Crippen molar-refractivity contribution < 1.29 is 27.0 Å². The van der Waals surface area contributed by atoms with Gasteiger partial charge in [0.15, 0.2) is 0 Å². The molecule has 0 saturated heterocycles. The number of amides is 1. The van der Waals surface area contributed by atoms with E-state index in [9.17, 15) is 23.1 Å². The molecule has 7 nitrogen and oxygen atoms in total. The number of carboxylic acid groups (broad SMARTS) is 1. The molecule has 0 fully saturated rings. The van der Waals surface area contributed by atoms with Gasteiger partial charge in [-0.05, 0) is 50.4 Å². The highest BCUT2D eigenvalue weighted by Crippen LogP contribution is 2.34. The lowest BCUT2D eigenvalue weighted by molar-refractivity contribution is -0.753. The molecule has 1 amide bonds. The zero-order valence-electron chi connectivity index (χ0n) is 20.3. The third kappa shape index (κ3) is 6.31. The molecule has 0 bridgehead atoms. The lowest BCUT2D eigenvalue weighted by Crippen LogP contribution is -2.66. The van der Waals surface area contributed by atoms with E-state index in [1.807, 2.05) is 37.3 Å². The Morgan fingerprint density at radius 3 is 2.15 bits per heavy atom. The number of sulfonamides is 1. The number of hydrogen-bond donors (Lipinski definition) is 2. The van der Waals surface area contributed by atoms with Gasteiger partial charge in [-0.15, -0.1) is 3.89 Å². The number of rotatable bonds is 13. The summed E-state index contributed by atoms with van der Waals surface area (Å²) in [5.74, 6) is -2.13. The van der Waals surface area contributed by atoms with E-state index in [-0.39, 0.29) is 30.2 Å². The Labute approximate surface area is 203 Å². The summed E-state index contributed by atoms with van der Waals surface area (Å²) in [5.41, 5.74) is 7.37. The predicted molar refractivity (Wildman–Crippen MR) is 132 cm³/mol. The Kier molecular flexibility index (Phi) is 9.97. The Morgan fingerprint density at radius 2 is 1.62 bits per heavy atom. The topological polar surface area (TPSA) is 115 Å². The summed E-state index contributed by atoms with van der Waals surface area (Å²) in [5, 5.41) is 10.2. The Balaban J connectivity index is 2.67. The van der Waals surface area contributed by atoms with Crippen LogP contribution in [0.15, 0.2) is 59.5 Å². The van der Waals surface area contributed by atoms with Gasteiger partial charge in [-0.25, -0.2) is 9.59 Å². The molecule has 0 saturated carbocycles. The number of carbonyl (C=O) groups excluding carboxylic acids is 1. The van der Waals surface area contributed by atoms with Crippen LogP contribution >= 0.6 is 0 Å². The van der Waals surface area contributed by atoms with Crippen LogP contribution in [0.4, 0.5) is 0 Å². The van der Waals surface area contributed by atoms with Crippen LogP contribution in [-0.4, -0.2) is 48.4 Å². The van der Waals surface area contributed by atoms with Gasteiger partial charge >= 0.3 is 21.9 Å². The summed E-state index contributed by atoms with van der Waals surface area (Å²) < 4.78 is 27.3. The van der Waals surface area contributed by atoms with Gasteiger partial charge in [0.2, 0.25) is 6.04 Å². The Hall–Kier alpha value is -2.55. The maximum atomic E-state index is 14.2. The van der Waals surface area contributed by atoms with Crippen molar-refractivity contribution in [2.24, 2.45) is 11.7 Å². The van der Waals surface area contributed by atoms with Crippen molar-refractivity contribution in [3.05, 3.63) is 65.7 Å². The summed E-state index contributed by atoms with van der Waals surface area (Å²) in [6.45, 7) is 5.69. The van der Waals surface area contributed by atoms with Gasteiger partial charge in [0.25, 0.3) is 0 Å². The number of hydrogen-bond acceptors (Lipinski definition) is 5. The maximum absolute atomic E-state index is 14.2. The van der Waals surface area contributed by atoms with Crippen LogP contribution in [0.5, 0.6) is 0 Å². The summed E-state index contributed by atoms with van der Waals surface area (Å²) in [6.07, 6.45) is 1.26. The van der Waals surface area contributed by atoms with Crippen molar-refractivity contribution in [2.75, 3.05) is 13.1 Å². The molecular weight excluding hydrogens is 452 g/mol. The highest BCUT2D eigenvalue weighted by atomic mass is 32.2. The molecule has 2 atom stereocenters. The standard InChI is InChI=1S/C26H36N2O5S/c1-20(2)19-28(24(26(30)31)11-7-8-18-27,25(29)17-14-22-9-5-4-6-10-22)34(32,33)23-15-12-21(3)13-16-23/h4-6,9-10,12-13,15-16,20,24H,7-8,11,14,17-19,27H2,1-3H3/p+1/t24-,28?/m0/s1. The van der Waals surface area contributed by atoms with Gasteiger partial charge in [-0.1, -0.05) is 61.9 Å². The summed E-state index contributed by atoms with van der Waals surface area (Å²) in [7, 11) is -4.38. The van der Waals surface area contributed by atoms with E-state index in [0.29, 0.717) is 25.8 Å². The van der Waals surface area contributed by atoms with Crippen molar-refractivity contribution in [3.63, 3.8) is 0 Å². The van der Waals surface area contributed by atoms with Gasteiger partial charge in [0.05, 0.1) is 6.42 Å². The summed E-state index contributed by atoms with van der Waals surface area (Å²) in [4.78, 5) is 26.5. The largest absolute Gasteiger partial charge is 0.477 e. The van der Waals surface area contributed by atoms with Crippen LogP contribution < -0.4 is 5.73 Å². The molecule has 2 rings (SSSR count). The van der Waals surface area contributed by atoms with Gasteiger partial charge in [0, 0.05) is 12.3 Å². The van der Waals surface area contributed by atoms with E-state index in [0.717, 1.165) is 11.1 Å². The molecule has 1 unspecified atom stereocenters. The molecule has 0 aromatic heterocycles. The van der Waals surface area contributed by atoms with E-state index in [1.54, 1.807) is 26.0 Å². The zero-order chi connectivity index (χ0) is 25.4. The van der Waals surface area contributed by atoms with Crippen LogP contribution in [-0.2, 0) is 26.0 Å². The fourth-order valence-corrected chi connectivity index (χ4v) is 6.56. The molecule has 34 heavy (non-hydrogen) atoms. The van der Waals surface area contributed by atoms with Gasteiger partial charge in [0.1, 0.15) is 11.4 Å². The lowest BCUT2D eigenvalue weighted by Gasteiger charge is -2.40. The van der Waals surface area contributed by atoms with Crippen LogP contribution in [0.25, 0.3) is 0 Å². The molecule has 0 spiro atoms. The molecule has 2 aromatic rings. The first-order valence-corrected chi connectivity index (χ1v) is 13.2. The molecule has 2 aromatic carbocycles. The second-order valence-electron chi connectivity index (χ2n) is 9.18. The highest BCUT2D eigenvalue weighted by molar-refractivity contribution is 7.86. The molecular formula is C26H37N2O5S+. The smallest absolute Gasteiger partial charge is 0.364 e. The maximum Gasteiger partial charge on any atom is 0.364 e. The first-order chi connectivity index (χ1) is 16.1. The average Bonchev–Trinajstić information content (AvgIpc) is 2.79. The minimum Gasteiger partial charge on any atom is -0.477 e. The van der Waals surface area contributed by atoms with E-state index >= 15 is 0 Å². The number of carboxylic acids is 1. The molecule has 0 radical (unpaired) electrons. The number of nitrogens with two attached hydrogens (primary N) is 1. The summed E-state index contributed by atoms with van der Waals surface area (Å²) >= 11 is 0. The van der Waals surface area contributed by atoms with Crippen molar-refractivity contribution in [3.8, 4) is 0 Å². The second-order valence-corrected chi connectivity index (χ2v) is 11.3. The van der Waals surface area contributed by atoms with E-state index in [2.05, 4.69) is 0 Å². The first kappa shape index (κ1) is 27.7. The third-order valence-corrected chi connectivity index (χ3v) is 8.33. The van der Waals surface area contributed by atoms with E-state index < -0.39 is 31.8 Å². The quantitative estimate of drug-likeness (QED) is 0.326. The lowest BCUT2D eigenvalue weighted by atomic mass is 10.0. The first-order valence-electron chi connectivity index (χ1n) is 11.8. The molecule has 0 heterocycles. The molecule has 3 N–H and O–H groups in total. The van der Waals surface area contributed by atoms with Crippen LogP contribution in [0, 0.1) is 12.8 Å². The molecule has 0 aliphatic carbocycles. The van der Waals surface area contributed by atoms with E-state index in [1.165, 1.54) is 12.1 Å². The summed E-state index contributed by atoms with van der Waals surface area (Å²) in [6, 6.07) is 14.1. The number of aryl methyl sites for hydroxylation is 2. The fraction of sp³-hybridized carbons (Fsp3) is 0.462. The van der Waals surface area contributed by atoms with Crippen LogP contribution in [0.3, 0.4) is 0 Å². The van der Waals surface area contributed by atoms with Crippen molar-refractivity contribution in [1.82, 2.24) is 0 Å². The van der Waals surface area contributed by atoms with Crippen molar-refractivity contribution >= 4 is 21.9 Å². The van der Waals surface area contributed by atoms with E-state index in [4.69, 9.17) is 5.73 Å². The van der Waals surface area contributed by atoms with Crippen molar-refractivity contribution in [1.29, 1.82) is 0 Å². The normalized spacial score (nSPS) is 14.5. The minimum atomic E-state index is -4.38. The molecule has 0 aliphatic heterocycles. The number of unbranched alkanes of at least 4 members (excludes halogenated alkanes) is 1. The zero-order valence-corrected chi connectivity index (χ0v) is 21.1. The number of nitrogens with zero attached hydrogens (tertiary/aromatic N) is 1.